The number of halogens is 1. The SMILES string of the molecule is Cc1ccc(Br)cc1-c1ccnc(C2CCCN2)n1. The van der Waals surface area contributed by atoms with E-state index in [9.17, 15) is 0 Å². The molecule has 0 spiro atoms. The van der Waals surface area contributed by atoms with Crippen LogP contribution in [0, 0.1) is 6.92 Å². The zero-order valence-electron chi connectivity index (χ0n) is 10.9. The molecule has 0 amide bonds. The van der Waals surface area contributed by atoms with Gasteiger partial charge in [0.1, 0.15) is 5.82 Å². The molecule has 1 aliphatic rings. The molecule has 1 fully saturated rings. The predicted octanol–water partition coefficient (Wildman–Crippen LogP) is 3.64. The summed E-state index contributed by atoms with van der Waals surface area (Å²) >= 11 is 3.52. The lowest BCUT2D eigenvalue weighted by molar-refractivity contribution is 0.605. The Balaban J connectivity index is 2.00. The van der Waals surface area contributed by atoms with Gasteiger partial charge < -0.3 is 5.32 Å². The first-order chi connectivity index (χ1) is 9.24. The molecule has 1 atom stereocenters. The monoisotopic (exact) mass is 317 g/mol. The van der Waals surface area contributed by atoms with Gasteiger partial charge in [-0.15, -0.1) is 0 Å². The van der Waals surface area contributed by atoms with Gasteiger partial charge in [-0.3, -0.25) is 0 Å². The Bertz CT molecular complexity index is 592. The summed E-state index contributed by atoms with van der Waals surface area (Å²) in [5, 5.41) is 3.44. The van der Waals surface area contributed by atoms with E-state index >= 15 is 0 Å². The number of hydrogen-bond acceptors (Lipinski definition) is 3. The molecule has 0 bridgehead atoms. The molecule has 4 heteroatoms. The first kappa shape index (κ1) is 12.8. The van der Waals surface area contributed by atoms with Crippen molar-refractivity contribution in [1.29, 1.82) is 0 Å². The smallest absolute Gasteiger partial charge is 0.145 e. The number of hydrogen-bond donors (Lipinski definition) is 1. The lowest BCUT2D eigenvalue weighted by Crippen LogP contribution is -2.15. The van der Waals surface area contributed by atoms with Crippen LogP contribution in [0.5, 0.6) is 0 Å². The van der Waals surface area contributed by atoms with Crippen LogP contribution in [-0.4, -0.2) is 16.5 Å². The van der Waals surface area contributed by atoms with Crippen molar-refractivity contribution in [3.05, 3.63) is 46.3 Å². The quantitative estimate of drug-likeness (QED) is 0.919. The van der Waals surface area contributed by atoms with E-state index < -0.39 is 0 Å². The lowest BCUT2D eigenvalue weighted by Gasteiger charge is -2.11. The van der Waals surface area contributed by atoms with Crippen LogP contribution in [0.3, 0.4) is 0 Å². The van der Waals surface area contributed by atoms with Gasteiger partial charge >= 0.3 is 0 Å². The number of nitrogens with zero attached hydrogens (tertiary/aromatic N) is 2. The molecule has 2 heterocycles. The molecule has 3 rings (SSSR count). The highest BCUT2D eigenvalue weighted by Crippen LogP contribution is 2.27. The molecule has 3 nitrogen and oxygen atoms in total. The fourth-order valence-electron chi connectivity index (χ4n) is 2.47. The van der Waals surface area contributed by atoms with Crippen LogP contribution in [0.25, 0.3) is 11.3 Å². The number of benzene rings is 1. The Morgan fingerprint density at radius 3 is 3.00 bits per heavy atom. The predicted molar refractivity (Wildman–Crippen MR) is 79.9 cm³/mol. The molecule has 2 aromatic rings. The summed E-state index contributed by atoms with van der Waals surface area (Å²) in [6, 6.07) is 8.57. The van der Waals surface area contributed by atoms with Gasteiger partial charge in [-0.1, -0.05) is 22.0 Å². The fourth-order valence-corrected chi connectivity index (χ4v) is 2.83. The summed E-state index contributed by atoms with van der Waals surface area (Å²) in [5.74, 6) is 0.911. The van der Waals surface area contributed by atoms with Gasteiger partial charge in [0.2, 0.25) is 0 Å². The fraction of sp³-hybridized carbons (Fsp3) is 0.333. The van der Waals surface area contributed by atoms with E-state index in [2.05, 4.69) is 51.4 Å². The normalized spacial score (nSPS) is 18.7. The Kier molecular flexibility index (Phi) is 3.62. The Hall–Kier alpha value is -1.26. The first-order valence-electron chi connectivity index (χ1n) is 6.57. The second-order valence-electron chi connectivity index (χ2n) is 4.91. The number of aromatic nitrogens is 2. The minimum atomic E-state index is 0.312. The van der Waals surface area contributed by atoms with E-state index in [1.165, 1.54) is 12.0 Å². The average molecular weight is 318 g/mol. The molecule has 0 saturated carbocycles. The van der Waals surface area contributed by atoms with E-state index in [0.717, 1.165) is 34.5 Å². The standard InChI is InChI=1S/C15H16BrN3/c1-10-4-5-11(16)9-12(10)13-6-8-18-15(19-13)14-3-2-7-17-14/h4-6,8-9,14,17H,2-3,7H2,1H3. The zero-order chi connectivity index (χ0) is 13.2. The number of nitrogens with one attached hydrogen (secondary N) is 1. The van der Waals surface area contributed by atoms with E-state index in [1.807, 2.05) is 12.3 Å². The van der Waals surface area contributed by atoms with Crippen LogP contribution >= 0.6 is 15.9 Å². The van der Waals surface area contributed by atoms with Gasteiger partial charge in [-0.25, -0.2) is 9.97 Å². The summed E-state index contributed by atoms with van der Waals surface area (Å²) in [7, 11) is 0. The largest absolute Gasteiger partial charge is 0.307 e. The van der Waals surface area contributed by atoms with Gasteiger partial charge in [0.15, 0.2) is 0 Å². The Morgan fingerprint density at radius 1 is 1.32 bits per heavy atom. The molecular weight excluding hydrogens is 302 g/mol. The van der Waals surface area contributed by atoms with Crippen molar-refractivity contribution in [3.8, 4) is 11.3 Å². The zero-order valence-corrected chi connectivity index (χ0v) is 12.4. The molecule has 0 radical (unpaired) electrons. The van der Waals surface area contributed by atoms with Gasteiger partial charge in [0.25, 0.3) is 0 Å². The highest BCUT2D eigenvalue weighted by Gasteiger charge is 2.19. The van der Waals surface area contributed by atoms with Crippen LogP contribution in [0.2, 0.25) is 0 Å². The topological polar surface area (TPSA) is 37.8 Å². The molecule has 0 aliphatic carbocycles. The van der Waals surface area contributed by atoms with Gasteiger partial charge in [-0.05, 0) is 50.1 Å². The molecule has 1 aliphatic heterocycles. The van der Waals surface area contributed by atoms with Gasteiger partial charge in [0.05, 0.1) is 11.7 Å². The minimum absolute atomic E-state index is 0.312. The highest BCUT2D eigenvalue weighted by atomic mass is 79.9. The van der Waals surface area contributed by atoms with Crippen molar-refractivity contribution in [2.24, 2.45) is 0 Å². The molecule has 19 heavy (non-hydrogen) atoms. The summed E-state index contributed by atoms with van der Waals surface area (Å²) < 4.78 is 1.08. The maximum absolute atomic E-state index is 4.73. The Labute approximate surface area is 121 Å². The molecular formula is C15H16BrN3. The molecule has 1 unspecified atom stereocenters. The van der Waals surface area contributed by atoms with E-state index in [4.69, 9.17) is 4.98 Å². The number of rotatable bonds is 2. The first-order valence-corrected chi connectivity index (χ1v) is 7.36. The number of aryl methyl sites for hydroxylation is 1. The van der Waals surface area contributed by atoms with Crippen LogP contribution in [-0.2, 0) is 0 Å². The highest BCUT2D eigenvalue weighted by molar-refractivity contribution is 9.10. The average Bonchev–Trinajstić information content (AvgIpc) is 2.96. The van der Waals surface area contributed by atoms with E-state index in [-0.39, 0.29) is 0 Å². The van der Waals surface area contributed by atoms with Gasteiger partial charge in [0, 0.05) is 16.2 Å². The summed E-state index contributed by atoms with van der Waals surface area (Å²) in [6.07, 6.45) is 4.19. The van der Waals surface area contributed by atoms with Crippen molar-refractivity contribution < 1.29 is 0 Å². The van der Waals surface area contributed by atoms with Crippen molar-refractivity contribution in [1.82, 2.24) is 15.3 Å². The van der Waals surface area contributed by atoms with Crippen molar-refractivity contribution in [3.63, 3.8) is 0 Å². The lowest BCUT2D eigenvalue weighted by atomic mass is 10.1. The van der Waals surface area contributed by atoms with Crippen molar-refractivity contribution in [2.45, 2.75) is 25.8 Å². The van der Waals surface area contributed by atoms with Crippen LogP contribution in [0.1, 0.15) is 30.3 Å². The third-order valence-electron chi connectivity index (χ3n) is 3.52. The minimum Gasteiger partial charge on any atom is -0.307 e. The maximum Gasteiger partial charge on any atom is 0.145 e. The third kappa shape index (κ3) is 2.69. The summed E-state index contributed by atoms with van der Waals surface area (Å²) in [4.78, 5) is 9.15. The summed E-state index contributed by atoms with van der Waals surface area (Å²) in [6.45, 7) is 3.17. The molecule has 1 aromatic heterocycles. The van der Waals surface area contributed by atoms with Crippen LogP contribution < -0.4 is 5.32 Å². The van der Waals surface area contributed by atoms with Crippen LogP contribution in [0.4, 0.5) is 0 Å². The molecule has 1 N–H and O–H groups in total. The molecule has 1 aromatic carbocycles. The maximum atomic E-state index is 4.73. The van der Waals surface area contributed by atoms with E-state index in [0.29, 0.717) is 6.04 Å². The van der Waals surface area contributed by atoms with Crippen molar-refractivity contribution >= 4 is 15.9 Å². The molecule has 98 valence electrons. The van der Waals surface area contributed by atoms with Crippen molar-refractivity contribution in [2.75, 3.05) is 6.54 Å². The Morgan fingerprint density at radius 2 is 2.21 bits per heavy atom. The summed E-state index contributed by atoms with van der Waals surface area (Å²) in [5.41, 5.74) is 3.39. The third-order valence-corrected chi connectivity index (χ3v) is 4.02. The van der Waals surface area contributed by atoms with E-state index in [1.54, 1.807) is 0 Å². The van der Waals surface area contributed by atoms with Gasteiger partial charge in [-0.2, -0.15) is 0 Å². The molecule has 1 saturated heterocycles. The second kappa shape index (κ2) is 5.39. The second-order valence-corrected chi connectivity index (χ2v) is 5.82. The van der Waals surface area contributed by atoms with Crippen LogP contribution in [0.15, 0.2) is 34.9 Å².